The number of carbonyl (C=O) groups is 4. The van der Waals surface area contributed by atoms with Crippen LogP contribution in [-0.2, 0) is 24.4 Å². The van der Waals surface area contributed by atoms with E-state index in [0.29, 0.717) is 56.1 Å². The number of sulfonamides is 1. The summed E-state index contributed by atoms with van der Waals surface area (Å²) in [4.78, 5) is 64.2. The minimum absolute atomic E-state index is 0.0480. The number of ether oxygens (including phenoxy) is 2. The van der Waals surface area contributed by atoms with Crippen molar-refractivity contribution in [2.24, 2.45) is 17.8 Å². The minimum atomic E-state index is -5.10. The molecule has 3 fully saturated rings. The first kappa shape index (κ1) is 44.7. The van der Waals surface area contributed by atoms with Gasteiger partial charge in [-0.15, -0.1) is 0 Å². The Morgan fingerprint density at radius 1 is 1.10 bits per heavy atom. The number of hydrogen-bond donors (Lipinski definition) is 3. The summed E-state index contributed by atoms with van der Waals surface area (Å²) >= 11 is 0. The molecule has 2 aliphatic heterocycles. The molecule has 0 bridgehead atoms. The van der Waals surface area contributed by atoms with Gasteiger partial charge in [0.15, 0.2) is 0 Å². The Labute approximate surface area is 348 Å². The van der Waals surface area contributed by atoms with Crippen molar-refractivity contribution >= 4 is 50.3 Å². The van der Waals surface area contributed by atoms with Crippen LogP contribution >= 0.6 is 0 Å². The van der Waals surface area contributed by atoms with Crippen LogP contribution in [0.3, 0.4) is 0 Å². The molecule has 3 N–H and O–H groups in total. The number of fused-ring (bicyclic) bond motifs is 3. The lowest BCUT2D eigenvalue weighted by atomic mass is 9.85. The third-order valence-electron chi connectivity index (χ3n) is 12.8. The van der Waals surface area contributed by atoms with Crippen molar-refractivity contribution in [2.45, 2.75) is 120 Å². The van der Waals surface area contributed by atoms with Gasteiger partial charge in [0, 0.05) is 42.9 Å². The number of alkyl halides is 3. The van der Waals surface area contributed by atoms with Gasteiger partial charge in [0.1, 0.15) is 35.0 Å². The van der Waals surface area contributed by atoms with E-state index in [1.807, 2.05) is 44.1 Å². The van der Waals surface area contributed by atoms with Gasteiger partial charge in [0.25, 0.3) is 5.91 Å². The number of rotatable bonds is 9. The van der Waals surface area contributed by atoms with E-state index in [9.17, 15) is 41.1 Å². The molecule has 60 heavy (non-hydrogen) atoms. The number of amides is 4. The molecule has 4 amide bonds. The zero-order valence-corrected chi connectivity index (χ0v) is 35.9. The summed E-state index contributed by atoms with van der Waals surface area (Å²) in [6, 6.07) is 2.07. The largest absolute Gasteiger partial charge is 0.494 e. The molecule has 2 aliphatic carbocycles. The van der Waals surface area contributed by atoms with E-state index in [2.05, 4.69) is 15.0 Å². The van der Waals surface area contributed by atoms with Crippen LogP contribution in [0, 0.1) is 17.8 Å². The summed E-state index contributed by atoms with van der Waals surface area (Å²) in [7, 11) is 1.09. The van der Waals surface area contributed by atoms with Crippen molar-refractivity contribution in [1.29, 1.82) is 0 Å². The van der Waals surface area contributed by atoms with Crippen LogP contribution in [0.5, 0.6) is 11.6 Å². The van der Waals surface area contributed by atoms with Crippen molar-refractivity contribution in [3.05, 3.63) is 36.5 Å². The highest BCUT2D eigenvalue weighted by Gasteiger charge is 2.64. The minimum Gasteiger partial charge on any atom is -0.494 e. The molecule has 1 aromatic carbocycles. The molecule has 2 saturated carbocycles. The average molecular weight is 865 g/mol. The molecule has 0 radical (unpaired) electrons. The monoisotopic (exact) mass is 864 g/mol. The normalized spacial score (nSPS) is 28.4. The fourth-order valence-corrected chi connectivity index (χ4v) is 9.77. The summed E-state index contributed by atoms with van der Waals surface area (Å²) in [5.74, 6) is -4.08. The number of methoxy groups -OCH3 is 1. The van der Waals surface area contributed by atoms with Gasteiger partial charge in [-0.2, -0.15) is 13.2 Å². The Kier molecular flexibility index (Phi) is 11.9. The van der Waals surface area contributed by atoms with E-state index in [-0.39, 0.29) is 42.5 Å². The molecule has 2 aromatic rings. The second-order valence-electron chi connectivity index (χ2n) is 17.9. The molecule has 1 aromatic heterocycles. The number of halogens is 3. The highest BCUT2D eigenvalue weighted by atomic mass is 32.2. The first-order valence-electron chi connectivity index (χ1n) is 20.1. The Balaban J connectivity index is 1.44. The van der Waals surface area contributed by atoms with Crippen molar-refractivity contribution in [2.75, 3.05) is 32.6 Å². The summed E-state index contributed by atoms with van der Waals surface area (Å²) in [5.41, 5.74) is -3.92. The van der Waals surface area contributed by atoms with E-state index in [4.69, 9.17) is 9.47 Å². The summed E-state index contributed by atoms with van der Waals surface area (Å²) in [6.45, 7) is 5.92. The highest BCUT2D eigenvalue weighted by molar-refractivity contribution is 7.91. The number of allylic oxidation sites excluding steroid dienone is 1. The summed E-state index contributed by atoms with van der Waals surface area (Å²) in [5, 5.41) is 14.4. The fourth-order valence-electron chi connectivity index (χ4n) is 8.46. The maximum Gasteiger partial charge on any atom is 0.411 e. The van der Waals surface area contributed by atoms with Crippen molar-refractivity contribution < 1.29 is 55.3 Å². The van der Waals surface area contributed by atoms with E-state index in [1.165, 1.54) is 27.2 Å². The molecule has 19 heteroatoms. The van der Waals surface area contributed by atoms with Gasteiger partial charge in [-0.1, -0.05) is 26.0 Å². The maximum absolute atomic E-state index is 15.1. The first-order chi connectivity index (χ1) is 27.9. The third-order valence-corrected chi connectivity index (χ3v) is 15.0. The number of anilines is 1. The van der Waals surface area contributed by atoms with Crippen molar-refractivity contribution in [3.63, 3.8) is 0 Å². The SMILES string of the molecule is COc1cnc(O[C@@H]2C[C@H]3C(=O)N[C@]4(C(=O)NS(=O)(=O)C5(C)CC5)C[C@H]4C=CCC[C@@H](C)C[C@@H](C)[C@H](N(C(=O)O)C(C)(C)C(F)(F)F)C(=O)N3C2)c2ccc(N(C)C)cc12. The van der Waals surface area contributed by atoms with Gasteiger partial charge in [0.05, 0.1) is 24.6 Å². The van der Waals surface area contributed by atoms with Crippen LogP contribution in [0.25, 0.3) is 10.8 Å². The van der Waals surface area contributed by atoms with Crippen LogP contribution in [0.2, 0.25) is 0 Å². The van der Waals surface area contributed by atoms with Gasteiger partial charge in [0.2, 0.25) is 27.7 Å². The molecular weight excluding hydrogens is 810 g/mol. The molecule has 1 saturated heterocycles. The number of pyridine rings is 1. The molecule has 0 unspecified atom stereocenters. The molecular formula is C41H55F3N6O9S. The number of carbonyl (C=O) groups excluding carboxylic acids is 3. The topological polar surface area (TPSA) is 188 Å². The maximum atomic E-state index is 15.1. The molecule has 330 valence electrons. The number of aromatic nitrogens is 1. The van der Waals surface area contributed by atoms with E-state index >= 15 is 4.79 Å². The van der Waals surface area contributed by atoms with Gasteiger partial charge in [-0.05, 0) is 89.3 Å². The number of hydrogen-bond acceptors (Lipinski definition) is 10. The Hall–Kier alpha value is -4.81. The van der Waals surface area contributed by atoms with Crippen LogP contribution in [-0.4, -0.2) is 120 Å². The smallest absolute Gasteiger partial charge is 0.411 e. The van der Waals surface area contributed by atoms with Crippen LogP contribution in [0.4, 0.5) is 23.7 Å². The molecule has 15 nitrogen and oxygen atoms in total. The average Bonchev–Trinajstić information content (AvgIpc) is 4.04. The summed E-state index contributed by atoms with van der Waals surface area (Å²) in [6.07, 6.45) is -1.43. The predicted octanol–water partition coefficient (Wildman–Crippen LogP) is 5.23. The van der Waals surface area contributed by atoms with Gasteiger partial charge < -0.3 is 29.7 Å². The quantitative estimate of drug-likeness (QED) is 0.280. The molecule has 0 spiro atoms. The van der Waals surface area contributed by atoms with Crippen molar-refractivity contribution in [1.82, 2.24) is 24.8 Å². The number of nitrogens with one attached hydrogen (secondary N) is 2. The second kappa shape index (κ2) is 15.9. The highest BCUT2D eigenvalue weighted by Crippen LogP contribution is 2.48. The number of benzene rings is 1. The summed E-state index contributed by atoms with van der Waals surface area (Å²) < 4.78 is 83.7. The van der Waals surface area contributed by atoms with Crippen LogP contribution in [0.15, 0.2) is 36.5 Å². The van der Waals surface area contributed by atoms with Crippen LogP contribution < -0.4 is 24.4 Å². The van der Waals surface area contributed by atoms with E-state index < -0.39 is 85.9 Å². The molecule has 4 aliphatic rings. The molecule has 6 rings (SSSR count). The lowest BCUT2D eigenvalue weighted by Crippen LogP contribution is -2.66. The lowest BCUT2D eigenvalue weighted by Gasteiger charge is -2.45. The standard InChI is InChI=1S/C41H55F3N6O9S/c1-23-11-9-10-12-25-20-40(25,36(53)47-60(56,57)39(5)15-16-39)46-33(51)30-19-27(59-34-28-14-13-26(48(6)7)18-29(28)31(58-8)21-45-34)22-49(30)35(52)32(24(2)17-23)50(37(54)55)38(3,4)41(42,43)44/h10,12-14,18,21,23-25,27,30,32H,9,11,15-17,19-20,22H2,1-8H3,(H,46,51)(H,47,53)(H,54,55)/t23-,24-,25-,27-,30+,32+,40-/m1/s1. The number of carboxylic acid groups (broad SMARTS) is 1. The fraction of sp³-hybridized carbons (Fsp3) is 0.634. The number of nitrogens with zero attached hydrogens (tertiary/aromatic N) is 4. The van der Waals surface area contributed by atoms with E-state index in [1.54, 1.807) is 12.1 Å². The van der Waals surface area contributed by atoms with Gasteiger partial charge >= 0.3 is 12.3 Å². The predicted molar refractivity (Wildman–Crippen MR) is 216 cm³/mol. The lowest BCUT2D eigenvalue weighted by molar-refractivity contribution is -0.222. The van der Waals surface area contributed by atoms with Gasteiger partial charge in [-0.25, -0.2) is 18.2 Å². The first-order valence-corrected chi connectivity index (χ1v) is 21.6. The Morgan fingerprint density at radius 3 is 2.38 bits per heavy atom. The molecule has 7 atom stereocenters. The van der Waals surface area contributed by atoms with Crippen molar-refractivity contribution in [3.8, 4) is 11.6 Å². The van der Waals surface area contributed by atoms with E-state index in [0.717, 1.165) is 10.6 Å². The van der Waals surface area contributed by atoms with Crippen LogP contribution in [0.1, 0.15) is 79.6 Å². The van der Waals surface area contributed by atoms with Gasteiger partial charge in [-0.3, -0.25) is 24.0 Å². The zero-order valence-electron chi connectivity index (χ0n) is 35.1. The molecule has 3 heterocycles. The Morgan fingerprint density at radius 2 is 1.78 bits per heavy atom. The third kappa shape index (κ3) is 8.29. The zero-order chi connectivity index (χ0) is 44.3. The Bertz CT molecular complexity index is 2180. The second-order valence-corrected chi connectivity index (χ2v) is 20.1.